The summed E-state index contributed by atoms with van der Waals surface area (Å²) in [6, 6.07) is 3.65. The lowest BCUT2D eigenvalue weighted by Crippen LogP contribution is -2.11. The van der Waals surface area contributed by atoms with Crippen molar-refractivity contribution in [3.63, 3.8) is 0 Å². The van der Waals surface area contributed by atoms with Crippen LogP contribution < -0.4 is 5.73 Å². The van der Waals surface area contributed by atoms with Crippen LogP contribution in [0.5, 0.6) is 0 Å². The third-order valence-corrected chi connectivity index (χ3v) is 2.91. The number of benzene rings is 2. The molecule has 0 atom stereocenters. The van der Waals surface area contributed by atoms with Crippen molar-refractivity contribution in [1.29, 1.82) is 0 Å². The Morgan fingerprint density at radius 1 is 1.09 bits per heavy atom. The maximum absolute atomic E-state index is 13.7. The summed E-state index contributed by atoms with van der Waals surface area (Å²) in [5, 5.41) is 10.8. The molecule has 0 saturated carbocycles. The average molecular weight is 318 g/mol. The van der Waals surface area contributed by atoms with E-state index in [4.69, 9.17) is 5.73 Å². The molecule has 0 fully saturated rings. The number of nitrogens with two attached hydrogens (primary N) is 1. The predicted molar refractivity (Wildman–Crippen MR) is 67.9 cm³/mol. The average Bonchev–Trinajstić information content (AvgIpc) is 2.38. The largest absolute Gasteiger partial charge is 0.418 e. The van der Waals surface area contributed by atoms with Gasteiger partial charge in [0.1, 0.15) is 17.3 Å². The lowest BCUT2D eigenvalue weighted by Gasteiger charge is -2.13. The Labute approximate surface area is 120 Å². The first-order valence-electron chi connectivity index (χ1n) is 5.72. The SMILES string of the molecule is Nc1c([N+](=O)[O-])cc(-c2c(F)cccc2F)cc1C(F)(F)F. The van der Waals surface area contributed by atoms with E-state index in [1.807, 2.05) is 0 Å². The van der Waals surface area contributed by atoms with Gasteiger partial charge in [-0.1, -0.05) is 6.07 Å². The Balaban J connectivity index is 2.84. The van der Waals surface area contributed by atoms with Crippen molar-refractivity contribution in [1.82, 2.24) is 0 Å². The van der Waals surface area contributed by atoms with Crippen LogP contribution >= 0.6 is 0 Å². The van der Waals surface area contributed by atoms with Crippen molar-refractivity contribution >= 4 is 11.4 Å². The highest BCUT2D eigenvalue weighted by Crippen LogP contribution is 2.41. The monoisotopic (exact) mass is 318 g/mol. The molecule has 0 unspecified atom stereocenters. The van der Waals surface area contributed by atoms with Crippen LogP contribution in [0.25, 0.3) is 11.1 Å². The van der Waals surface area contributed by atoms with Gasteiger partial charge in [-0.25, -0.2) is 8.78 Å². The maximum atomic E-state index is 13.7. The second-order valence-corrected chi connectivity index (χ2v) is 4.31. The Morgan fingerprint density at radius 3 is 2.09 bits per heavy atom. The van der Waals surface area contributed by atoms with Crippen molar-refractivity contribution < 1.29 is 26.9 Å². The number of hydrogen-bond acceptors (Lipinski definition) is 3. The van der Waals surface area contributed by atoms with Crippen molar-refractivity contribution in [3.8, 4) is 11.1 Å². The first-order valence-corrected chi connectivity index (χ1v) is 5.72. The van der Waals surface area contributed by atoms with Gasteiger partial charge in [0.2, 0.25) is 0 Å². The van der Waals surface area contributed by atoms with Crippen LogP contribution in [0.15, 0.2) is 30.3 Å². The number of nitrogen functional groups attached to an aromatic ring is 1. The third-order valence-electron chi connectivity index (χ3n) is 2.91. The Bertz CT molecular complexity index is 739. The Morgan fingerprint density at radius 2 is 1.64 bits per heavy atom. The van der Waals surface area contributed by atoms with E-state index in [0.29, 0.717) is 12.1 Å². The second kappa shape index (κ2) is 5.24. The molecule has 0 spiro atoms. The van der Waals surface area contributed by atoms with Crippen LogP contribution in [-0.4, -0.2) is 4.92 Å². The zero-order valence-electron chi connectivity index (χ0n) is 10.6. The molecular weight excluding hydrogens is 311 g/mol. The van der Waals surface area contributed by atoms with Gasteiger partial charge in [-0.2, -0.15) is 13.2 Å². The summed E-state index contributed by atoms with van der Waals surface area (Å²) < 4.78 is 66.0. The molecule has 116 valence electrons. The number of rotatable bonds is 2. The van der Waals surface area contributed by atoms with Crippen molar-refractivity contribution in [2.75, 3.05) is 5.73 Å². The van der Waals surface area contributed by atoms with Crippen LogP contribution in [0.3, 0.4) is 0 Å². The van der Waals surface area contributed by atoms with E-state index in [1.54, 1.807) is 0 Å². The molecule has 0 saturated heterocycles. The summed E-state index contributed by atoms with van der Waals surface area (Å²) in [5.41, 5.74) is 0.00982. The molecule has 9 heteroatoms. The van der Waals surface area contributed by atoms with E-state index in [-0.39, 0.29) is 0 Å². The number of nitro benzene ring substituents is 1. The predicted octanol–water partition coefficient (Wildman–Crippen LogP) is 4.14. The lowest BCUT2D eigenvalue weighted by atomic mass is 9.99. The zero-order valence-corrected chi connectivity index (χ0v) is 10.6. The summed E-state index contributed by atoms with van der Waals surface area (Å²) in [5.74, 6) is -2.29. The summed E-state index contributed by atoms with van der Waals surface area (Å²) in [7, 11) is 0. The van der Waals surface area contributed by atoms with Gasteiger partial charge >= 0.3 is 6.18 Å². The van der Waals surface area contributed by atoms with Gasteiger partial charge < -0.3 is 5.73 Å². The quantitative estimate of drug-likeness (QED) is 0.391. The molecule has 4 nitrogen and oxygen atoms in total. The molecule has 2 aromatic carbocycles. The number of alkyl halides is 3. The van der Waals surface area contributed by atoms with Gasteiger partial charge in [-0.3, -0.25) is 10.1 Å². The highest BCUT2D eigenvalue weighted by molar-refractivity contribution is 5.76. The molecule has 2 N–H and O–H groups in total. The van der Waals surface area contributed by atoms with E-state index in [1.165, 1.54) is 0 Å². The first-order chi connectivity index (χ1) is 10.1. The van der Waals surface area contributed by atoms with E-state index in [2.05, 4.69) is 0 Å². The normalized spacial score (nSPS) is 11.5. The molecule has 0 bridgehead atoms. The van der Waals surface area contributed by atoms with Crippen LogP contribution in [0.2, 0.25) is 0 Å². The fourth-order valence-corrected chi connectivity index (χ4v) is 1.94. The number of halogens is 5. The van der Waals surface area contributed by atoms with E-state index in [0.717, 1.165) is 18.2 Å². The molecular formula is C13H7F5N2O2. The highest BCUT2D eigenvalue weighted by atomic mass is 19.4. The molecule has 0 heterocycles. The highest BCUT2D eigenvalue weighted by Gasteiger charge is 2.37. The third kappa shape index (κ3) is 2.69. The number of nitro groups is 1. The molecule has 0 aliphatic rings. The molecule has 0 aromatic heterocycles. The molecule has 0 aliphatic heterocycles. The molecule has 0 aliphatic carbocycles. The van der Waals surface area contributed by atoms with Crippen LogP contribution in [0.4, 0.5) is 33.3 Å². The Hall–Kier alpha value is -2.71. The fraction of sp³-hybridized carbons (Fsp3) is 0.0769. The van der Waals surface area contributed by atoms with Gasteiger partial charge in [0, 0.05) is 6.07 Å². The number of hydrogen-bond donors (Lipinski definition) is 1. The molecule has 22 heavy (non-hydrogen) atoms. The van der Waals surface area contributed by atoms with Crippen molar-refractivity contribution in [3.05, 3.63) is 57.6 Å². The smallest absolute Gasteiger partial charge is 0.393 e. The molecule has 0 amide bonds. The summed E-state index contributed by atoms with van der Waals surface area (Å²) in [6.07, 6.45) is -5.01. The van der Waals surface area contributed by atoms with Gasteiger partial charge in [0.05, 0.1) is 16.1 Å². The van der Waals surface area contributed by atoms with Crippen LogP contribution in [-0.2, 0) is 6.18 Å². The summed E-state index contributed by atoms with van der Waals surface area (Å²) in [6.45, 7) is 0. The summed E-state index contributed by atoms with van der Waals surface area (Å²) >= 11 is 0. The minimum atomic E-state index is -5.01. The zero-order chi connectivity index (χ0) is 16.7. The topological polar surface area (TPSA) is 69.2 Å². The van der Waals surface area contributed by atoms with Gasteiger partial charge in [-0.15, -0.1) is 0 Å². The Kier molecular flexibility index (Phi) is 3.74. The maximum Gasteiger partial charge on any atom is 0.418 e. The lowest BCUT2D eigenvalue weighted by molar-refractivity contribution is -0.384. The molecule has 2 aromatic rings. The summed E-state index contributed by atoms with van der Waals surface area (Å²) in [4.78, 5) is 9.68. The number of anilines is 1. The molecule has 2 rings (SSSR count). The molecule has 0 radical (unpaired) electrons. The van der Waals surface area contributed by atoms with E-state index < -0.39 is 50.8 Å². The minimum Gasteiger partial charge on any atom is -0.393 e. The van der Waals surface area contributed by atoms with Crippen LogP contribution in [0.1, 0.15) is 5.56 Å². The van der Waals surface area contributed by atoms with E-state index >= 15 is 0 Å². The van der Waals surface area contributed by atoms with Crippen molar-refractivity contribution in [2.45, 2.75) is 6.18 Å². The van der Waals surface area contributed by atoms with Gasteiger partial charge in [0.25, 0.3) is 5.69 Å². The minimum absolute atomic E-state index is 0.379. The standard InChI is InChI=1S/C13H7F5N2O2/c14-8-2-1-3-9(15)11(8)6-4-7(13(16,17)18)12(19)10(5-6)20(21)22/h1-5H,19H2. The fourth-order valence-electron chi connectivity index (χ4n) is 1.94. The van der Waals surface area contributed by atoms with E-state index in [9.17, 15) is 32.1 Å². The number of nitrogens with zero attached hydrogens (tertiary/aromatic N) is 1. The van der Waals surface area contributed by atoms with Gasteiger partial charge in [0.15, 0.2) is 0 Å². The first kappa shape index (κ1) is 15.7. The van der Waals surface area contributed by atoms with Gasteiger partial charge in [-0.05, 0) is 23.8 Å². The van der Waals surface area contributed by atoms with Crippen LogP contribution in [0, 0.1) is 21.7 Å². The second-order valence-electron chi connectivity index (χ2n) is 4.31. The van der Waals surface area contributed by atoms with Crippen molar-refractivity contribution in [2.24, 2.45) is 0 Å².